The molecule has 2 aromatic rings. The topological polar surface area (TPSA) is 85.5 Å². The monoisotopic (exact) mass is 333 g/mol. The first-order chi connectivity index (χ1) is 11.0. The summed E-state index contributed by atoms with van der Waals surface area (Å²) in [4.78, 5) is 29.1. The molecule has 2 N–H and O–H groups in total. The molecule has 1 aromatic carbocycles. The maximum atomic E-state index is 11.5. The first-order valence-corrected chi connectivity index (χ1v) is 8.35. The minimum atomic E-state index is -0.523. The molecular formula is C16H19N3O3S. The number of primary amides is 1. The van der Waals surface area contributed by atoms with Crippen LogP contribution in [0.3, 0.4) is 0 Å². The van der Waals surface area contributed by atoms with Gasteiger partial charge in [0.15, 0.2) is 5.01 Å². The van der Waals surface area contributed by atoms with Gasteiger partial charge in [-0.3, -0.25) is 9.59 Å². The number of carbonyl (C=O) groups is 2. The first kappa shape index (κ1) is 15.7. The number of ether oxygens (including phenoxy) is 1. The molecule has 1 aliphatic rings. The number of methoxy groups -OCH3 is 1. The minimum Gasteiger partial charge on any atom is -0.494 e. The molecule has 6 nitrogen and oxygen atoms in total. The van der Waals surface area contributed by atoms with Crippen LogP contribution in [0.5, 0.6) is 5.75 Å². The lowest BCUT2D eigenvalue weighted by atomic mass is 9.89. The number of hydrogen-bond donors (Lipinski definition) is 1. The van der Waals surface area contributed by atoms with Crippen molar-refractivity contribution in [1.82, 2.24) is 9.88 Å². The fourth-order valence-electron chi connectivity index (χ4n) is 3.10. The highest BCUT2D eigenvalue weighted by molar-refractivity contribution is 7.20. The molecule has 1 aromatic heterocycles. The Morgan fingerprint density at radius 3 is 2.61 bits per heavy atom. The lowest BCUT2D eigenvalue weighted by Crippen LogP contribution is -2.36. The van der Waals surface area contributed by atoms with Gasteiger partial charge in [0.1, 0.15) is 11.3 Å². The molecule has 0 spiro atoms. The number of aromatic nitrogens is 1. The highest BCUT2D eigenvalue weighted by Crippen LogP contribution is 2.39. The Hall–Kier alpha value is -2.15. The molecular weight excluding hydrogens is 314 g/mol. The second kappa shape index (κ2) is 6.16. The number of nitrogens with two attached hydrogens (primary N) is 1. The molecule has 7 heteroatoms. The Morgan fingerprint density at radius 2 is 2.04 bits per heavy atom. The molecule has 3 rings (SSSR count). The van der Waals surface area contributed by atoms with Crippen molar-refractivity contribution in [3.63, 3.8) is 0 Å². The molecule has 0 saturated carbocycles. The zero-order valence-corrected chi connectivity index (χ0v) is 14.0. The van der Waals surface area contributed by atoms with Gasteiger partial charge in [-0.1, -0.05) is 6.07 Å². The Balaban J connectivity index is 1.98. The summed E-state index contributed by atoms with van der Waals surface area (Å²) in [5.74, 6) is 0.594. The summed E-state index contributed by atoms with van der Waals surface area (Å²) in [5, 5.41) is 0.298. The van der Waals surface area contributed by atoms with E-state index < -0.39 is 5.91 Å². The number of thiazole rings is 1. The molecule has 122 valence electrons. The van der Waals surface area contributed by atoms with Crippen LogP contribution in [0, 0.1) is 0 Å². The molecule has 2 amide bonds. The smallest absolute Gasteiger partial charge is 0.277 e. The Kier molecular flexibility index (Phi) is 4.21. The molecule has 2 heterocycles. The number of fused-ring (bicyclic) bond motifs is 1. The van der Waals surface area contributed by atoms with Crippen LogP contribution in [0.25, 0.3) is 10.2 Å². The van der Waals surface area contributed by atoms with E-state index in [-0.39, 0.29) is 5.91 Å². The molecule has 1 saturated heterocycles. The van der Waals surface area contributed by atoms with Gasteiger partial charge in [-0.05, 0) is 30.4 Å². The standard InChI is InChI=1S/C16H19N3O3S/c1-9(20)19-7-5-10(6-8-19)11-3-4-12(22-2)13-14(11)23-16(18-13)15(17)21/h3-4,10H,5-8H2,1-2H3,(H2,17,21). The van der Waals surface area contributed by atoms with Crippen LogP contribution >= 0.6 is 11.3 Å². The van der Waals surface area contributed by atoms with Gasteiger partial charge in [0.2, 0.25) is 5.91 Å². The van der Waals surface area contributed by atoms with Crippen molar-refractivity contribution in [2.75, 3.05) is 20.2 Å². The largest absolute Gasteiger partial charge is 0.494 e. The summed E-state index contributed by atoms with van der Waals surface area (Å²) in [6.45, 7) is 3.12. The predicted molar refractivity (Wildman–Crippen MR) is 88.9 cm³/mol. The second-order valence-electron chi connectivity index (χ2n) is 5.70. The van der Waals surface area contributed by atoms with E-state index in [2.05, 4.69) is 4.98 Å². The summed E-state index contributed by atoms with van der Waals surface area (Å²) < 4.78 is 6.31. The van der Waals surface area contributed by atoms with Gasteiger partial charge in [0, 0.05) is 20.0 Å². The third-order valence-electron chi connectivity index (χ3n) is 4.35. The second-order valence-corrected chi connectivity index (χ2v) is 6.70. The van der Waals surface area contributed by atoms with Crippen molar-refractivity contribution < 1.29 is 14.3 Å². The molecule has 0 atom stereocenters. The van der Waals surface area contributed by atoms with Crippen molar-refractivity contribution in [2.24, 2.45) is 5.73 Å². The van der Waals surface area contributed by atoms with Gasteiger partial charge in [0.25, 0.3) is 5.91 Å². The summed E-state index contributed by atoms with van der Waals surface area (Å²) >= 11 is 1.32. The van der Waals surface area contributed by atoms with Crippen LogP contribution in [0.2, 0.25) is 0 Å². The van der Waals surface area contributed by atoms with E-state index in [1.54, 1.807) is 14.0 Å². The zero-order chi connectivity index (χ0) is 16.6. The molecule has 0 radical (unpaired) electrons. The average molecular weight is 333 g/mol. The van der Waals surface area contributed by atoms with E-state index >= 15 is 0 Å². The average Bonchev–Trinajstić information content (AvgIpc) is 2.99. The highest BCUT2D eigenvalue weighted by Gasteiger charge is 2.25. The number of piperidine rings is 1. The fraction of sp³-hybridized carbons (Fsp3) is 0.438. The van der Waals surface area contributed by atoms with Gasteiger partial charge < -0.3 is 15.4 Å². The quantitative estimate of drug-likeness (QED) is 0.932. The van der Waals surface area contributed by atoms with E-state index in [9.17, 15) is 9.59 Å². The van der Waals surface area contributed by atoms with E-state index in [0.29, 0.717) is 22.2 Å². The number of benzene rings is 1. The number of likely N-dealkylation sites (tertiary alicyclic amines) is 1. The Bertz CT molecular complexity index is 763. The maximum absolute atomic E-state index is 11.5. The van der Waals surface area contributed by atoms with Crippen LogP contribution in [-0.2, 0) is 4.79 Å². The number of carbonyl (C=O) groups excluding carboxylic acids is 2. The van der Waals surface area contributed by atoms with Crippen molar-refractivity contribution in [3.05, 3.63) is 22.7 Å². The SMILES string of the molecule is COc1ccc(C2CCN(C(C)=O)CC2)c2sc(C(N)=O)nc12. The molecule has 23 heavy (non-hydrogen) atoms. The van der Waals surface area contributed by atoms with Crippen LogP contribution in [-0.4, -0.2) is 41.9 Å². The predicted octanol–water partition coefficient (Wildman–Crippen LogP) is 2.13. The fourth-order valence-corrected chi connectivity index (χ4v) is 4.13. The van der Waals surface area contributed by atoms with Gasteiger partial charge in [-0.15, -0.1) is 11.3 Å². The molecule has 0 bridgehead atoms. The van der Waals surface area contributed by atoms with E-state index in [1.165, 1.54) is 11.3 Å². The van der Waals surface area contributed by atoms with Crippen LogP contribution < -0.4 is 10.5 Å². The lowest BCUT2D eigenvalue weighted by molar-refractivity contribution is -0.129. The summed E-state index contributed by atoms with van der Waals surface area (Å²) in [6, 6.07) is 3.93. The van der Waals surface area contributed by atoms with Crippen molar-refractivity contribution in [3.8, 4) is 5.75 Å². The zero-order valence-electron chi connectivity index (χ0n) is 13.2. The number of amides is 2. The number of hydrogen-bond acceptors (Lipinski definition) is 5. The van der Waals surface area contributed by atoms with Crippen molar-refractivity contribution in [1.29, 1.82) is 0 Å². The van der Waals surface area contributed by atoms with Gasteiger partial charge >= 0.3 is 0 Å². The van der Waals surface area contributed by atoms with Crippen LogP contribution in [0.1, 0.15) is 41.0 Å². The summed E-state index contributed by atoms with van der Waals surface area (Å²) in [5.41, 5.74) is 7.23. The van der Waals surface area contributed by atoms with Gasteiger partial charge in [-0.2, -0.15) is 0 Å². The summed E-state index contributed by atoms with van der Waals surface area (Å²) in [7, 11) is 1.59. The van der Waals surface area contributed by atoms with E-state index in [4.69, 9.17) is 10.5 Å². The third kappa shape index (κ3) is 2.88. The third-order valence-corrected chi connectivity index (χ3v) is 5.47. The molecule has 0 unspecified atom stereocenters. The van der Waals surface area contributed by atoms with E-state index in [1.807, 2.05) is 17.0 Å². The Labute approximate surface area is 138 Å². The Morgan fingerprint density at radius 1 is 1.35 bits per heavy atom. The van der Waals surface area contributed by atoms with Crippen molar-refractivity contribution in [2.45, 2.75) is 25.7 Å². The van der Waals surface area contributed by atoms with E-state index in [0.717, 1.165) is 36.2 Å². The normalized spacial score (nSPS) is 15.8. The van der Waals surface area contributed by atoms with Crippen LogP contribution in [0.4, 0.5) is 0 Å². The summed E-state index contributed by atoms with van der Waals surface area (Å²) in [6.07, 6.45) is 1.82. The number of rotatable bonds is 3. The van der Waals surface area contributed by atoms with Gasteiger partial charge in [0.05, 0.1) is 11.8 Å². The number of nitrogens with zero attached hydrogens (tertiary/aromatic N) is 2. The van der Waals surface area contributed by atoms with Gasteiger partial charge in [-0.25, -0.2) is 4.98 Å². The van der Waals surface area contributed by atoms with Crippen LogP contribution in [0.15, 0.2) is 12.1 Å². The first-order valence-electron chi connectivity index (χ1n) is 7.54. The molecule has 1 fully saturated rings. The molecule has 1 aliphatic heterocycles. The highest BCUT2D eigenvalue weighted by atomic mass is 32.1. The lowest BCUT2D eigenvalue weighted by Gasteiger charge is -2.31. The molecule has 0 aliphatic carbocycles. The van der Waals surface area contributed by atoms with Crippen molar-refractivity contribution >= 4 is 33.4 Å². The maximum Gasteiger partial charge on any atom is 0.277 e. The minimum absolute atomic E-state index is 0.122.